The lowest BCUT2D eigenvalue weighted by Crippen LogP contribution is -2.38. The molecule has 0 heterocycles. The van der Waals surface area contributed by atoms with E-state index in [4.69, 9.17) is 9.47 Å². The third-order valence-corrected chi connectivity index (χ3v) is 4.23. The number of carbonyl (C=O) groups excluding carboxylic acids is 2. The predicted octanol–water partition coefficient (Wildman–Crippen LogP) is 4.01. The van der Waals surface area contributed by atoms with Crippen LogP contribution in [0.5, 0.6) is 11.5 Å². The van der Waals surface area contributed by atoms with Gasteiger partial charge in [0.1, 0.15) is 28.8 Å². The van der Waals surface area contributed by atoms with Crippen LogP contribution in [-0.4, -0.2) is 43.0 Å². The van der Waals surface area contributed by atoms with Gasteiger partial charge < -0.3 is 19.7 Å². The molecule has 0 saturated carbocycles. The molecule has 2 rings (SSSR count). The number of ether oxygens (including phenoxy) is 2. The quantitative estimate of drug-likeness (QED) is 0.558. The van der Waals surface area contributed by atoms with Crippen LogP contribution in [0.4, 0.5) is 14.5 Å². The highest BCUT2D eigenvalue weighted by atomic mass is 19.1. The first-order valence-electron chi connectivity index (χ1n) is 9.81. The van der Waals surface area contributed by atoms with E-state index < -0.39 is 23.2 Å². The average Bonchev–Trinajstić information content (AvgIpc) is 2.73. The zero-order valence-electron chi connectivity index (χ0n) is 17.1. The maximum Gasteiger partial charge on any atom is 0.244 e. The number of para-hydroxylation sites is 1. The van der Waals surface area contributed by atoms with Gasteiger partial charge in [-0.3, -0.25) is 9.59 Å². The Kier molecular flexibility index (Phi) is 9.05. The van der Waals surface area contributed by atoms with Gasteiger partial charge in [-0.15, -0.1) is 0 Å². The molecule has 0 bridgehead atoms. The fourth-order valence-corrected chi connectivity index (χ4v) is 2.72. The van der Waals surface area contributed by atoms with Gasteiger partial charge in [0.25, 0.3) is 0 Å². The van der Waals surface area contributed by atoms with Gasteiger partial charge in [-0.05, 0) is 56.7 Å². The SMILES string of the molecule is CCOc1ccc(OCCCC(=O)N(CC)CC(=O)Nc2c(F)cccc2F)cc1. The van der Waals surface area contributed by atoms with Crippen molar-refractivity contribution in [2.24, 2.45) is 0 Å². The molecule has 8 heteroatoms. The maximum absolute atomic E-state index is 13.6. The van der Waals surface area contributed by atoms with Gasteiger partial charge in [0.15, 0.2) is 0 Å². The second-order valence-corrected chi connectivity index (χ2v) is 6.41. The first kappa shape index (κ1) is 23.1. The summed E-state index contributed by atoms with van der Waals surface area (Å²) in [5, 5.41) is 2.18. The fourth-order valence-electron chi connectivity index (χ4n) is 2.72. The van der Waals surface area contributed by atoms with Crippen LogP contribution in [-0.2, 0) is 9.59 Å². The summed E-state index contributed by atoms with van der Waals surface area (Å²) in [7, 11) is 0. The lowest BCUT2D eigenvalue weighted by Gasteiger charge is -2.20. The second kappa shape index (κ2) is 11.7. The van der Waals surface area contributed by atoms with Crippen molar-refractivity contribution >= 4 is 17.5 Å². The van der Waals surface area contributed by atoms with Gasteiger partial charge in [0, 0.05) is 13.0 Å². The number of nitrogens with one attached hydrogen (secondary N) is 1. The summed E-state index contributed by atoms with van der Waals surface area (Å²) in [4.78, 5) is 25.8. The van der Waals surface area contributed by atoms with E-state index in [0.717, 1.165) is 17.9 Å². The minimum absolute atomic E-state index is 0.187. The van der Waals surface area contributed by atoms with E-state index in [-0.39, 0.29) is 18.9 Å². The molecule has 2 amide bonds. The molecule has 0 aliphatic rings. The summed E-state index contributed by atoms with van der Waals surface area (Å²) in [5.41, 5.74) is -0.519. The zero-order valence-corrected chi connectivity index (χ0v) is 17.1. The molecule has 0 atom stereocenters. The van der Waals surface area contributed by atoms with E-state index in [2.05, 4.69) is 5.32 Å². The van der Waals surface area contributed by atoms with Crippen LogP contribution in [0.2, 0.25) is 0 Å². The number of halogens is 2. The molecule has 2 aromatic carbocycles. The molecular weight excluding hydrogens is 394 g/mol. The van der Waals surface area contributed by atoms with Crippen LogP contribution in [0, 0.1) is 11.6 Å². The van der Waals surface area contributed by atoms with Crippen LogP contribution < -0.4 is 14.8 Å². The summed E-state index contributed by atoms with van der Waals surface area (Å²) in [5.74, 6) is -1.22. The van der Waals surface area contributed by atoms with Crippen LogP contribution in [0.25, 0.3) is 0 Å². The summed E-state index contributed by atoms with van der Waals surface area (Å²) < 4.78 is 38.2. The normalized spacial score (nSPS) is 10.4. The molecule has 162 valence electrons. The molecule has 0 fully saturated rings. The van der Waals surface area contributed by atoms with Crippen LogP contribution in [0.3, 0.4) is 0 Å². The maximum atomic E-state index is 13.6. The smallest absolute Gasteiger partial charge is 0.244 e. The summed E-state index contributed by atoms with van der Waals surface area (Å²) >= 11 is 0. The van der Waals surface area contributed by atoms with Crippen molar-refractivity contribution < 1.29 is 27.8 Å². The van der Waals surface area contributed by atoms with Crippen molar-refractivity contribution in [2.45, 2.75) is 26.7 Å². The Labute approximate surface area is 174 Å². The lowest BCUT2D eigenvalue weighted by molar-refractivity contribution is -0.134. The van der Waals surface area contributed by atoms with Crippen LogP contribution >= 0.6 is 0 Å². The van der Waals surface area contributed by atoms with E-state index in [1.807, 2.05) is 6.92 Å². The molecule has 0 aliphatic heterocycles. The summed E-state index contributed by atoms with van der Waals surface area (Å²) in [6.45, 7) is 4.57. The van der Waals surface area contributed by atoms with Crippen molar-refractivity contribution in [1.29, 1.82) is 0 Å². The van der Waals surface area contributed by atoms with Gasteiger partial charge in [-0.1, -0.05) is 6.07 Å². The number of likely N-dealkylation sites (N-methyl/N-ethyl adjacent to an activating group) is 1. The van der Waals surface area contributed by atoms with Crippen molar-refractivity contribution in [3.8, 4) is 11.5 Å². The number of hydrogen-bond acceptors (Lipinski definition) is 4. The molecule has 0 aromatic heterocycles. The number of rotatable bonds is 11. The Morgan fingerprint density at radius 1 is 0.967 bits per heavy atom. The molecular formula is C22H26F2N2O4. The molecule has 6 nitrogen and oxygen atoms in total. The molecule has 0 saturated heterocycles. The molecule has 0 spiro atoms. The van der Waals surface area contributed by atoms with E-state index in [9.17, 15) is 18.4 Å². The van der Waals surface area contributed by atoms with E-state index in [1.54, 1.807) is 31.2 Å². The van der Waals surface area contributed by atoms with Gasteiger partial charge in [0.2, 0.25) is 11.8 Å². The van der Waals surface area contributed by atoms with Crippen LogP contribution in [0.1, 0.15) is 26.7 Å². The largest absolute Gasteiger partial charge is 0.494 e. The number of carbonyl (C=O) groups is 2. The average molecular weight is 420 g/mol. The highest BCUT2D eigenvalue weighted by molar-refractivity contribution is 5.94. The third-order valence-electron chi connectivity index (χ3n) is 4.23. The monoisotopic (exact) mass is 420 g/mol. The second-order valence-electron chi connectivity index (χ2n) is 6.41. The molecule has 30 heavy (non-hydrogen) atoms. The third kappa shape index (κ3) is 7.02. The molecule has 0 unspecified atom stereocenters. The minimum atomic E-state index is -0.871. The lowest BCUT2D eigenvalue weighted by atomic mass is 10.2. The topological polar surface area (TPSA) is 67.9 Å². The van der Waals surface area contributed by atoms with Crippen LogP contribution in [0.15, 0.2) is 42.5 Å². The molecule has 0 radical (unpaired) electrons. The van der Waals surface area contributed by atoms with Gasteiger partial charge in [-0.2, -0.15) is 0 Å². The van der Waals surface area contributed by atoms with Crippen molar-refractivity contribution in [3.63, 3.8) is 0 Å². The first-order chi connectivity index (χ1) is 14.4. The highest BCUT2D eigenvalue weighted by Crippen LogP contribution is 2.19. The highest BCUT2D eigenvalue weighted by Gasteiger charge is 2.18. The van der Waals surface area contributed by atoms with Crippen molar-refractivity contribution in [1.82, 2.24) is 4.90 Å². The standard InChI is InChI=1S/C22H26F2N2O4/c1-3-26(15-20(27)25-22-18(23)7-5-8-19(22)24)21(28)9-6-14-30-17-12-10-16(11-13-17)29-4-2/h5,7-8,10-13H,3-4,6,9,14-15H2,1-2H3,(H,25,27). The Balaban J connectivity index is 1.76. The Hall–Kier alpha value is -3.16. The van der Waals surface area contributed by atoms with E-state index >= 15 is 0 Å². The molecule has 0 aliphatic carbocycles. The Morgan fingerprint density at radius 2 is 1.57 bits per heavy atom. The first-order valence-corrected chi connectivity index (χ1v) is 9.81. The van der Waals surface area contributed by atoms with E-state index in [1.165, 1.54) is 11.0 Å². The van der Waals surface area contributed by atoms with E-state index in [0.29, 0.717) is 31.9 Å². The number of benzene rings is 2. The zero-order chi connectivity index (χ0) is 21.9. The number of nitrogens with zero attached hydrogens (tertiary/aromatic N) is 1. The number of amides is 2. The minimum Gasteiger partial charge on any atom is -0.494 e. The number of hydrogen-bond donors (Lipinski definition) is 1. The summed E-state index contributed by atoms with van der Waals surface area (Å²) in [6.07, 6.45) is 0.651. The predicted molar refractivity (Wildman–Crippen MR) is 110 cm³/mol. The van der Waals surface area contributed by atoms with Gasteiger partial charge in [0.05, 0.1) is 19.8 Å². The van der Waals surface area contributed by atoms with Gasteiger partial charge >= 0.3 is 0 Å². The van der Waals surface area contributed by atoms with Gasteiger partial charge in [-0.25, -0.2) is 8.78 Å². The number of anilines is 1. The summed E-state index contributed by atoms with van der Waals surface area (Å²) in [6, 6.07) is 10.5. The Morgan fingerprint density at radius 3 is 2.13 bits per heavy atom. The fraction of sp³-hybridized carbons (Fsp3) is 0.364. The molecule has 2 aromatic rings. The Bertz CT molecular complexity index is 823. The molecule has 1 N–H and O–H groups in total. The van der Waals surface area contributed by atoms with Crippen molar-refractivity contribution in [2.75, 3.05) is 31.6 Å². The van der Waals surface area contributed by atoms with Crippen molar-refractivity contribution in [3.05, 3.63) is 54.1 Å².